The molecule has 0 bridgehead atoms. The van der Waals surface area contributed by atoms with Crippen LogP contribution in [0.4, 0.5) is 0 Å². The van der Waals surface area contributed by atoms with Crippen LogP contribution in [0.25, 0.3) is 27.3 Å². The molecule has 5 rings (SSSR count). The van der Waals surface area contributed by atoms with Gasteiger partial charge in [0.15, 0.2) is 5.82 Å². The van der Waals surface area contributed by atoms with Crippen LogP contribution in [0.3, 0.4) is 0 Å². The molecule has 0 aliphatic carbocycles. The van der Waals surface area contributed by atoms with E-state index in [1.807, 2.05) is 48.6 Å². The highest BCUT2D eigenvalue weighted by Crippen LogP contribution is 2.25. The molecule has 0 N–H and O–H groups in total. The summed E-state index contributed by atoms with van der Waals surface area (Å²) in [4.78, 5) is 27.5. The normalized spacial score (nSPS) is 11.5. The fourth-order valence-corrected chi connectivity index (χ4v) is 4.43. The van der Waals surface area contributed by atoms with E-state index in [4.69, 9.17) is 0 Å². The molecular weight excluding hydrogens is 400 g/mol. The van der Waals surface area contributed by atoms with E-state index in [0.717, 1.165) is 10.6 Å². The topological polar surface area (TPSA) is 87.1 Å². The fourth-order valence-electron chi connectivity index (χ4n) is 3.60. The molecule has 4 heterocycles. The van der Waals surface area contributed by atoms with E-state index in [2.05, 4.69) is 15.3 Å². The van der Waals surface area contributed by atoms with Crippen LogP contribution in [0, 0.1) is 6.92 Å². The number of aromatic nitrogens is 6. The van der Waals surface area contributed by atoms with Gasteiger partial charge in [-0.2, -0.15) is 5.10 Å². The van der Waals surface area contributed by atoms with Crippen molar-refractivity contribution < 1.29 is 0 Å². The van der Waals surface area contributed by atoms with E-state index in [0.29, 0.717) is 29.0 Å². The molecule has 1 aromatic carbocycles. The summed E-state index contributed by atoms with van der Waals surface area (Å²) in [6.07, 6.45) is 0. The lowest BCUT2D eigenvalue weighted by molar-refractivity contribution is 0.614. The number of benzene rings is 1. The first kappa shape index (κ1) is 18.4. The Morgan fingerprint density at radius 3 is 2.60 bits per heavy atom. The van der Waals surface area contributed by atoms with Crippen molar-refractivity contribution in [1.82, 2.24) is 28.9 Å². The molecule has 0 saturated heterocycles. The number of fused-ring (bicyclic) bond motifs is 3. The number of hydrogen-bond donors (Lipinski definition) is 0. The van der Waals surface area contributed by atoms with E-state index < -0.39 is 0 Å². The van der Waals surface area contributed by atoms with Crippen LogP contribution in [0.1, 0.15) is 17.6 Å². The van der Waals surface area contributed by atoms with Crippen LogP contribution >= 0.6 is 11.3 Å². The van der Waals surface area contributed by atoms with E-state index in [9.17, 15) is 9.59 Å². The van der Waals surface area contributed by atoms with Gasteiger partial charge in [-0.3, -0.25) is 18.6 Å². The number of para-hydroxylation sites is 1. The number of thiophene rings is 1. The summed E-state index contributed by atoms with van der Waals surface area (Å²) in [6.45, 7) is 4.54. The summed E-state index contributed by atoms with van der Waals surface area (Å²) in [5.74, 6) is 0.992. The highest BCUT2D eigenvalue weighted by Gasteiger charge is 2.17. The fraction of sp³-hybridized carbons (Fsp3) is 0.190. The van der Waals surface area contributed by atoms with Crippen molar-refractivity contribution in [3.05, 3.63) is 79.9 Å². The highest BCUT2D eigenvalue weighted by atomic mass is 32.1. The Hall–Kier alpha value is -3.59. The van der Waals surface area contributed by atoms with E-state index in [-0.39, 0.29) is 17.7 Å². The van der Waals surface area contributed by atoms with Crippen LogP contribution < -0.4 is 11.1 Å². The van der Waals surface area contributed by atoms with Crippen molar-refractivity contribution in [2.45, 2.75) is 26.9 Å². The molecule has 0 fully saturated rings. The predicted molar refractivity (Wildman–Crippen MR) is 116 cm³/mol. The van der Waals surface area contributed by atoms with Gasteiger partial charge in [0.2, 0.25) is 5.78 Å². The van der Waals surface area contributed by atoms with Crippen molar-refractivity contribution in [2.24, 2.45) is 0 Å². The van der Waals surface area contributed by atoms with Gasteiger partial charge < -0.3 is 0 Å². The van der Waals surface area contributed by atoms with E-state index >= 15 is 0 Å². The van der Waals surface area contributed by atoms with Crippen LogP contribution in [-0.2, 0) is 13.1 Å². The Labute approximate surface area is 174 Å². The highest BCUT2D eigenvalue weighted by molar-refractivity contribution is 7.15. The summed E-state index contributed by atoms with van der Waals surface area (Å²) in [7, 11) is 0. The monoisotopic (exact) mass is 418 g/mol. The average molecular weight is 418 g/mol. The quantitative estimate of drug-likeness (QED) is 0.448. The third-order valence-corrected chi connectivity index (χ3v) is 6.06. The molecular formula is C21H18N6O2S. The molecule has 9 heteroatoms. The maximum absolute atomic E-state index is 12.8. The molecule has 0 saturated carbocycles. The molecule has 30 heavy (non-hydrogen) atoms. The molecule has 0 aliphatic heterocycles. The SMILES string of the molecule is CCn1c(=O)c2ccccc2n2c(Cn3nc(-c4ccc(C)s4)ccc3=O)nnc12. The summed E-state index contributed by atoms with van der Waals surface area (Å²) in [5, 5.41) is 13.7. The van der Waals surface area contributed by atoms with E-state index in [1.54, 1.807) is 28.0 Å². The van der Waals surface area contributed by atoms with Crippen LogP contribution in [0.2, 0.25) is 0 Å². The minimum Gasteiger partial charge on any atom is -0.277 e. The second kappa shape index (κ2) is 7.03. The third kappa shape index (κ3) is 2.86. The standard InChI is InChI=1S/C21H18N6O2S/c1-3-25-20(29)14-6-4-5-7-16(14)27-18(22-23-21(25)27)12-26-19(28)11-9-15(24-26)17-10-8-13(2)30-17/h4-11H,3,12H2,1-2H3. The molecule has 8 nitrogen and oxygen atoms in total. The number of aryl methyl sites for hydroxylation is 2. The summed E-state index contributed by atoms with van der Waals surface area (Å²) in [6, 6.07) is 14.6. The average Bonchev–Trinajstić information content (AvgIpc) is 3.37. The number of hydrogen-bond acceptors (Lipinski definition) is 6. The van der Waals surface area contributed by atoms with Gasteiger partial charge in [-0.25, -0.2) is 4.68 Å². The zero-order valence-corrected chi connectivity index (χ0v) is 17.3. The zero-order chi connectivity index (χ0) is 20.8. The van der Waals surface area contributed by atoms with Crippen molar-refractivity contribution in [3.63, 3.8) is 0 Å². The minimum atomic E-state index is -0.225. The van der Waals surface area contributed by atoms with Gasteiger partial charge in [-0.1, -0.05) is 12.1 Å². The van der Waals surface area contributed by atoms with Crippen molar-refractivity contribution in [3.8, 4) is 10.6 Å². The van der Waals surface area contributed by atoms with Crippen LogP contribution in [-0.4, -0.2) is 28.9 Å². The third-order valence-electron chi connectivity index (χ3n) is 5.04. The van der Waals surface area contributed by atoms with Crippen molar-refractivity contribution in [1.29, 1.82) is 0 Å². The molecule has 0 spiro atoms. The summed E-state index contributed by atoms with van der Waals surface area (Å²) in [5.41, 5.74) is 1.11. The minimum absolute atomic E-state index is 0.107. The van der Waals surface area contributed by atoms with Gasteiger partial charge in [-0.15, -0.1) is 21.5 Å². The molecule has 0 aliphatic rings. The number of rotatable bonds is 4. The molecule has 0 unspecified atom stereocenters. The first-order valence-electron chi connectivity index (χ1n) is 9.57. The second-order valence-electron chi connectivity index (χ2n) is 6.94. The first-order chi connectivity index (χ1) is 14.6. The molecule has 0 radical (unpaired) electrons. The Morgan fingerprint density at radius 1 is 1.00 bits per heavy atom. The Bertz CT molecular complexity index is 1520. The lowest BCUT2D eigenvalue weighted by Crippen LogP contribution is -2.25. The molecule has 0 atom stereocenters. The summed E-state index contributed by atoms with van der Waals surface area (Å²) >= 11 is 1.63. The van der Waals surface area contributed by atoms with Crippen LogP contribution in [0.5, 0.6) is 0 Å². The van der Waals surface area contributed by atoms with Crippen molar-refractivity contribution in [2.75, 3.05) is 0 Å². The molecule has 150 valence electrons. The largest absolute Gasteiger partial charge is 0.277 e. The maximum Gasteiger partial charge on any atom is 0.267 e. The maximum atomic E-state index is 12.8. The number of nitrogens with zero attached hydrogens (tertiary/aromatic N) is 6. The lowest BCUT2D eigenvalue weighted by atomic mass is 10.2. The Balaban J connectivity index is 1.70. The predicted octanol–water partition coefficient (Wildman–Crippen LogP) is 2.71. The second-order valence-corrected chi connectivity index (χ2v) is 8.23. The lowest BCUT2D eigenvalue weighted by Gasteiger charge is -2.10. The van der Waals surface area contributed by atoms with Crippen LogP contribution in [0.15, 0.2) is 58.1 Å². The van der Waals surface area contributed by atoms with E-state index in [1.165, 1.54) is 15.6 Å². The first-order valence-corrected chi connectivity index (χ1v) is 10.4. The Kier molecular flexibility index (Phi) is 4.32. The smallest absolute Gasteiger partial charge is 0.267 e. The zero-order valence-electron chi connectivity index (χ0n) is 16.4. The van der Waals surface area contributed by atoms with Gasteiger partial charge in [0.1, 0.15) is 12.2 Å². The summed E-state index contributed by atoms with van der Waals surface area (Å²) < 4.78 is 4.80. The Morgan fingerprint density at radius 2 is 1.83 bits per heavy atom. The molecule has 5 aromatic rings. The van der Waals surface area contributed by atoms with Crippen molar-refractivity contribution >= 4 is 28.0 Å². The van der Waals surface area contributed by atoms with Gasteiger partial charge in [0.05, 0.1) is 15.8 Å². The van der Waals surface area contributed by atoms with Gasteiger partial charge in [-0.05, 0) is 44.2 Å². The molecule has 0 amide bonds. The van der Waals surface area contributed by atoms with Gasteiger partial charge in [0.25, 0.3) is 11.1 Å². The molecule has 4 aromatic heterocycles. The van der Waals surface area contributed by atoms with Gasteiger partial charge in [0, 0.05) is 17.5 Å². The van der Waals surface area contributed by atoms with Gasteiger partial charge >= 0.3 is 0 Å².